The summed E-state index contributed by atoms with van der Waals surface area (Å²) in [6.07, 6.45) is -4.79. The molecule has 24 heavy (non-hydrogen) atoms. The van der Waals surface area contributed by atoms with Gasteiger partial charge in [0.05, 0.1) is 0 Å². The molecule has 0 spiro atoms. The lowest BCUT2D eigenvalue weighted by Crippen LogP contribution is -2.56. The number of alkyl halides is 3. The van der Waals surface area contributed by atoms with Crippen LogP contribution in [0.5, 0.6) is 0 Å². The van der Waals surface area contributed by atoms with Crippen molar-refractivity contribution in [3.8, 4) is 0 Å². The van der Waals surface area contributed by atoms with E-state index in [2.05, 4.69) is 10.9 Å². The summed E-state index contributed by atoms with van der Waals surface area (Å²) in [4.78, 5) is 27.5. The first-order valence-electron chi connectivity index (χ1n) is 7.58. The van der Waals surface area contributed by atoms with Gasteiger partial charge in [-0.25, -0.2) is 10.9 Å². The smallest absolute Gasteiger partial charge is 0.330 e. The van der Waals surface area contributed by atoms with E-state index in [1.165, 1.54) is 4.90 Å². The van der Waals surface area contributed by atoms with Crippen molar-refractivity contribution < 1.29 is 22.8 Å². The average molecular weight is 342 g/mol. The molecule has 9 heteroatoms. The van der Waals surface area contributed by atoms with Crippen LogP contribution in [0.2, 0.25) is 0 Å². The molecule has 0 radical (unpaired) electrons. The van der Waals surface area contributed by atoms with Gasteiger partial charge in [-0.15, -0.1) is 0 Å². The highest BCUT2D eigenvalue weighted by Crippen LogP contribution is 2.26. The zero-order chi connectivity index (χ0) is 17.3. The molecule has 2 aliphatic heterocycles. The molecule has 0 aliphatic carbocycles. The van der Waals surface area contributed by atoms with Gasteiger partial charge in [-0.3, -0.25) is 9.59 Å². The highest BCUT2D eigenvalue weighted by Gasteiger charge is 2.47. The second-order valence-corrected chi connectivity index (χ2v) is 5.81. The molecule has 2 heterocycles. The van der Waals surface area contributed by atoms with Crippen LogP contribution in [0.4, 0.5) is 18.9 Å². The second kappa shape index (κ2) is 6.40. The molecule has 2 N–H and O–H groups in total. The number of benzene rings is 1. The number of carbonyl (C=O) groups excluding carboxylic acids is 2. The van der Waals surface area contributed by atoms with Crippen molar-refractivity contribution in [1.29, 1.82) is 0 Å². The fourth-order valence-corrected chi connectivity index (χ4v) is 2.90. The van der Waals surface area contributed by atoms with Crippen LogP contribution >= 0.6 is 0 Å². The molecule has 2 fully saturated rings. The van der Waals surface area contributed by atoms with Gasteiger partial charge in [0, 0.05) is 18.8 Å². The number of para-hydroxylation sites is 1. The quantitative estimate of drug-likeness (QED) is 0.829. The topological polar surface area (TPSA) is 64.7 Å². The Morgan fingerprint density at radius 2 is 1.83 bits per heavy atom. The summed E-state index contributed by atoms with van der Waals surface area (Å²) in [6, 6.07) is 6.32. The Balaban J connectivity index is 1.60. The standard InChI is InChI=1S/C15H17F3N4O2/c16-15(17,18)12-8-11(19-20-12)14(24)21-6-7-22(13(23)9-21)10-4-2-1-3-5-10/h1-5,11-12,19-20H,6-9H2. The van der Waals surface area contributed by atoms with Crippen molar-refractivity contribution in [2.75, 3.05) is 24.5 Å². The summed E-state index contributed by atoms with van der Waals surface area (Å²) in [6.45, 7) is 0.467. The van der Waals surface area contributed by atoms with Gasteiger partial charge in [0.2, 0.25) is 11.8 Å². The number of nitrogens with one attached hydrogen (secondary N) is 2. The molecule has 130 valence electrons. The molecule has 2 aliphatic rings. The molecule has 2 unspecified atom stereocenters. The fourth-order valence-electron chi connectivity index (χ4n) is 2.90. The number of anilines is 1. The zero-order valence-electron chi connectivity index (χ0n) is 12.7. The molecule has 1 aromatic carbocycles. The van der Waals surface area contributed by atoms with Crippen molar-refractivity contribution in [2.24, 2.45) is 0 Å². The van der Waals surface area contributed by atoms with E-state index in [1.54, 1.807) is 17.0 Å². The predicted octanol–water partition coefficient (Wildman–Crippen LogP) is 0.659. The van der Waals surface area contributed by atoms with Gasteiger partial charge in [0.25, 0.3) is 0 Å². The molecule has 6 nitrogen and oxygen atoms in total. The molecular weight excluding hydrogens is 325 g/mol. The van der Waals surface area contributed by atoms with E-state index < -0.39 is 24.2 Å². The van der Waals surface area contributed by atoms with Crippen molar-refractivity contribution in [2.45, 2.75) is 24.7 Å². The Labute approximate surface area is 136 Å². The van der Waals surface area contributed by atoms with Crippen LogP contribution in [0.15, 0.2) is 30.3 Å². The van der Waals surface area contributed by atoms with Gasteiger partial charge >= 0.3 is 6.18 Å². The van der Waals surface area contributed by atoms with Gasteiger partial charge < -0.3 is 9.80 Å². The highest BCUT2D eigenvalue weighted by atomic mass is 19.4. The summed E-state index contributed by atoms with van der Waals surface area (Å²) >= 11 is 0. The third kappa shape index (κ3) is 3.36. The molecule has 0 bridgehead atoms. The Hall–Kier alpha value is -2.13. The van der Waals surface area contributed by atoms with Gasteiger partial charge in [-0.2, -0.15) is 13.2 Å². The Morgan fingerprint density at radius 3 is 2.42 bits per heavy atom. The lowest BCUT2D eigenvalue weighted by atomic mass is 10.1. The molecule has 3 rings (SSSR count). The number of nitrogens with zero attached hydrogens (tertiary/aromatic N) is 2. The number of carbonyl (C=O) groups is 2. The van der Waals surface area contributed by atoms with Gasteiger partial charge in [-0.05, 0) is 18.6 Å². The number of hydrogen-bond donors (Lipinski definition) is 2. The largest absolute Gasteiger partial charge is 0.405 e. The highest BCUT2D eigenvalue weighted by molar-refractivity contribution is 5.98. The second-order valence-electron chi connectivity index (χ2n) is 5.81. The first kappa shape index (κ1) is 16.7. The van der Waals surface area contributed by atoms with Crippen molar-refractivity contribution in [3.63, 3.8) is 0 Å². The van der Waals surface area contributed by atoms with Gasteiger partial charge in [-0.1, -0.05) is 18.2 Å². The van der Waals surface area contributed by atoms with Crippen LogP contribution in [0, 0.1) is 0 Å². The van der Waals surface area contributed by atoms with Crippen LogP contribution in [0.3, 0.4) is 0 Å². The van der Waals surface area contributed by atoms with Crippen LogP contribution in [0.25, 0.3) is 0 Å². The number of rotatable bonds is 2. The van der Waals surface area contributed by atoms with Crippen LogP contribution in [-0.4, -0.2) is 54.6 Å². The number of piperazine rings is 1. The lowest BCUT2D eigenvalue weighted by Gasteiger charge is -2.35. The first-order chi connectivity index (χ1) is 11.4. The third-order valence-corrected chi connectivity index (χ3v) is 4.20. The minimum Gasteiger partial charge on any atom is -0.330 e. The third-order valence-electron chi connectivity index (χ3n) is 4.20. The number of hydrazine groups is 1. The van der Waals surface area contributed by atoms with E-state index in [1.807, 2.05) is 18.2 Å². The van der Waals surface area contributed by atoms with E-state index in [-0.39, 0.29) is 25.4 Å². The Bertz CT molecular complexity index is 623. The monoisotopic (exact) mass is 342 g/mol. The lowest BCUT2D eigenvalue weighted by molar-refractivity contribution is -0.153. The van der Waals surface area contributed by atoms with Crippen LogP contribution in [0.1, 0.15) is 6.42 Å². The number of amides is 2. The summed E-state index contributed by atoms with van der Waals surface area (Å²) in [5.74, 6) is -0.741. The minimum atomic E-state index is -4.41. The molecule has 2 amide bonds. The molecular formula is C15H17F3N4O2. The summed E-state index contributed by atoms with van der Waals surface area (Å²) in [7, 11) is 0. The zero-order valence-corrected chi connectivity index (χ0v) is 12.7. The van der Waals surface area contributed by atoms with Crippen LogP contribution in [-0.2, 0) is 9.59 Å². The molecule has 2 atom stereocenters. The van der Waals surface area contributed by atoms with E-state index in [9.17, 15) is 22.8 Å². The fraction of sp³-hybridized carbons (Fsp3) is 0.467. The normalized spacial score (nSPS) is 25.2. The van der Waals surface area contributed by atoms with Crippen LogP contribution < -0.4 is 15.8 Å². The van der Waals surface area contributed by atoms with Crippen molar-refractivity contribution in [3.05, 3.63) is 30.3 Å². The van der Waals surface area contributed by atoms with E-state index in [0.29, 0.717) is 6.54 Å². The molecule has 2 saturated heterocycles. The summed E-state index contributed by atoms with van der Waals surface area (Å²) < 4.78 is 38.0. The number of hydrogen-bond acceptors (Lipinski definition) is 4. The van der Waals surface area contributed by atoms with E-state index in [0.717, 1.165) is 5.69 Å². The van der Waals surface area contributed by atoms with Crippen molar-refractivity contribution >= 4 is 17.5 Å². The minimum absolute atomic E-state index is 0.136. The first-order valence-corrected chi connectivity index (χ1v) is 7.58. The predicted molar refractivity (Wildman–Crippen MR) is 79.9 cm³/mol. The number of halogens is 3. The summed E-state index contributed by atoms with van der Waals surface area (Å²) in [5.41, 5.74) is 5.22. The Kier molecular flexibility index (Phi) is 4.46. The Morgan fingerprint density at radius 1 is 1.12 bits per heavy atom. The maximum absolute atomic E-state index is 12.7. The average Bonchev–Trinajstić information content (AvgIpc) is 3.05. The maximum atomic E-state index is 12.7. The van der Waals surface area contributed by atoms with E-state index >= 15 is 0 Å². The molecule has 0 saturated carbocycles. The molecule has 0 aromatic heterocycles. The summed E-state index contributed by atoms with van der Waals surface area (Å²) in [5, 5.41) is 0. The van der Waals surface area contributed by atoms with Gasteiger partial charge in [0.15, 0.2) is 0 Å². The SMILES string of the molecule is O=C(C1CC(C(F)(F)F)NN1)N1CCN(c2ccccc2)C(=O)C1. The van der Waals surface area contributed by atoms with Crippen molar-refractivity contribution in [1.82, 2.24) is 15.8 Å². The van der Waals surface area contributed by atoms with E-state index in [4.69, 9.17) is 0 Å². The maximum Gasteiger partial charge on any atom is 0.405 e. The van der Waals surface area contributed by atoms with Gasteiger partial charge in [0.1, 0.15) is 18.6 Å². The molecule has 1 aromatic rings.